The average molecular weight is 242 g/mol. The molecule has 17 heavy (non-hydrogen) atoms. The molecule has 0 aromatic heterocycles. The van der Waals surface area contributed by atoms with Crippen LogP contribution in [0.3, 0.4) is 0 Å². The molecule has 1 aliphatic rings. The van der Waals surface area contributed by atoms with Crippen LogP contribution >= 0.6 is 0 Å². The number of amides is 2. The van der Waals surface area contributed by atoms with Crippen molar-refractivity contribution in [1.29, 1.82) is 0 Å². The Bertz CT molecular complexity index is 309. The first kappa shape index (κ1) is 14.0. The van der Waals surface area contributed by atoms with Crippen molar-refractivity contribution in [2.75, 3.05) is 13.1 Å². The first-order valence-electron chi connectivity index (χ1n) is 5.96. The van der Waals surface area contributed by atoms with Gasteiger partial charge in [0.25, 0.3) is 0 Å². The normalized spacial score (nSPS) is 22.4. The predicted octanol–water partition coefficient (Wildman–Crippen LogP) is 0.130. The lowest BCUT2D eigenvalue weighted by Crippen LogP contribution is -2.54. The van der Waals surface area contributed by atoms with E-state index in [0.29, 0.717) is 19.5 Å². The van der Waals surface area contributed by atoms with Crippen molar-refractivity contribution >= 4 is 11.8 Å². The molecule has 1 saturated heterocycles. The van der Waals surface area contributed by atoms with Crippen LogP contribution in [0.4, 0.5) is 0 Å². The van der Waals surface area contributed by atoms with E-state index in [0.717, 1.165) is 0 Å². The molecule has 0 radical (unpaired) electrons. The zero-order chi connectivity index (χ0) is 13.2. The van der Waals surface area contributed by atoms with E-state index < -0.39 is 12.1 Å². The van der Waals surface area contributed by atoms with Gasteiger partial charge in [0.05, 0.1) is 6.10 Å². The van der Waals surface area contributed by atoms with E-state index in [2.05, 4.69) is 5.32 Å². The number of carbonyl (C=O) groups excluding carboxylic acids is 2. The molecule has 2 amide bonds. The van der Waals surface area contributed by atoms with E-state index in [9.17, 15) is 14.7 Å². The zero-order valence-electron chi connectivity index (χ0n) is 11.0. The first-order chi connectivity index (χ1) is 7.71. The van der Waals surface area contributed by atoms with Crippen LogP contribution < -0.4 is 5.32 Å². The molecule has 5 nitrogen and oxygen atoms in total. The summed E-state index contributed by atoms with van der Waals surface area (Å²) in [5.74, 6) is -0.317. The maximum atomic E-state index is 12.3. The number of rotatable bonds is 2. The van der Waals surface area contributed by atoms with Crippen LogP contribution in [0.1, 0.15) is 34.1 Å². The summed E-state index contributed by atoms with van der Waals surface area (Å²) >= 11 is 0. The molecule has 0 saturated carbocycles. The molecular formula is C12H22N2O3. The molecule has 0 aliphatic carbocycles. The van der Waals surface area contributed by atoms with Gasteiger partial charge in [0.15, 0.2) is 0 Å². The summed E-state index contributed by atoms with van der Waals surface area (Å²) in [7, 11) is 0. The van der Waals surface area contributed by atoms with E-state index in [1.807, 2.05) is 20.8 Å². The van der Waals surface area contributed by atoms with E-state index >= 15 is 0 Å². The highest BCUT2D eigenvalue weighted by Crippen LogP contribution is 2.23. The van der Waals surface area contributed by atoms with Crippen LogP contribution in [0, 0.1) is 5.41 Å². The smallest absolute Gasteiger partial charge is 0.245 e. The molecular weight excluding hydrogens is 220 g/mol. The quantitative estimate of drug-likeness (QED) is 0.723. The van der Waals surface area contributed by atoms with Gasteiger partial charge in [0.1, 0.15) is 6.04 Å². The minimum Gasteiger partial charge on any atom is -0.391 e. The van der Waals surface area contributed by atoms with Crippen molar-refractivity contribution in [3.63, 3.8) is 0 Å². The summed E-state index contributed by atoms with van der Waals surface area (Å²) in [6.07, 6.45) is 0.180. The molecule has 98 valence electrons. The Morgan fingerprint density at radius 3 is 2.35 bits per heavy atom. The Morgan fingerprint density at radius 1 is 1.41 bits per heavy atom. The number of nitrogens with one attached hydrogen (secondary N) is 1. The molecule has 2 N–H and O–H groups in total. The topological polar surface area (TPSA) is 69.6 Å². The third-order valence-corrected chi connectivity index (χ3v) is 2.94. The molecule has 1 fully saturated rings. The summed E-state index contributed by atoms with van der Waals surface area (Å²) in [5, 5.41) is 12.1. The summed E-state index contributed by atoms with van der Waals surface area (Å²) < 4.78 is 0. The second-order valence-corrected chi connectivity index (χ2v) is 5.73. The molecule has 5 heteroatoms. The molecule has 2 atom stereocenters. The fourth-order valence-electron chi connectivity index (χ4n) is 1.98. The highest BCUT2D eigenvalue weighted by Gasteiger charge is 2.37. The second kappa shape index (κ2) is 5.04. The minimum absolute atomic E-state index is 0.107. The highest BCUT2D eigenvalue weighted by molar-refractivity contribution is 5.87. The lowest BCUT2D eigenvalue weighted by Gasteiger charge is -2.33. The number of hydrogen-bond acceptors (Lipinski definition) is 3. The van der Waals surface area contributed by atoms with Gasteiger partial charge in [-0.2, -0.15) is 0 Å². The van der Waals surface area contributed by atoms with Crippen LogP contribution in [0.5, 0.6) is 0 Å². The lowest BCUT2D eigenvalue weighted by atomic mass is 9.85. The molecule has 0 aromatic rings. The van der Waals surface area contributed by atoms with Gasteiger partial charge >= 0.3 is 0 Å². The molecule has 1 aliphatic heterocycles. The number of aliphatic hydroxyl groups excluding tert-OH is 1. The average Bonchev–Trinajstić information content (AvgIpc) is 2.58. The van der Waals surface area contributed by atoms with Gasteiger partial charge in [0.2, 0.25) is 11.8 Å². The largest absolute Gasteiger partial charge is 0.391 e. The lowest BCUT2D eigenvalue weighted by molar-refractivity contribution is -0.138. The summed E-state index contributed by atoms with van der Waals surface area (Å²) in [6, 6.07) is -0.537. The first-order valence-corrected chi connectivity index (χ1v) is 5.96. The molecule has 1 rings (SSSR count). The van der Waals surface area contributed by atoms with Gasteiger partial charge in [-0.1, -0.05) is 20.8 Å². The van der Waals surface area contributed by atoms with Crippen LogP contribution in [-0.4, -0.2) is 47.1 Å². The maximum Gasteiger partial charge on any atom is 0.245 e. The molecule has 1 heterocycles. The Labute approximate surface area is 102 Å². The van der Waals surface area contributed by atoms with E-state index in [-0.39, 0.29) is 17.2 Å². The maximum absolute atomic E-state index is 12.3. The van der Waals surface area contributed by atoms with Crippen LogP contribution in [0.25, 0.3) is 0 Å². The van der Waals surface area contributed by atoms with Crippen molar-refractivity contribution in [3.05, 3.63) is 0 Å². The highest BCUT2D eigenvalue weighted by atomic mass is 16.3. The van der Waals surface area contributed by atoms with Crippen molar-refractivity contribution < 1.29 is 14.7 Å². The van der Waals surface area contributed by atoms with Crippen molar-refractivity contribution in [2.24, 2.45) is 5.41 Å². The number of hydrogen-bond donors (Lipinski definition) is 2. The number of nitrogens with zero attached hydrogens (tertiary/aromatic N) is 1. The van der Waals surface area contributed by atoms with Gasteiger partial charge in [-0.15, -0.1) is 0 Å². The van der Waals surface area contributed by atoms with E-state index in [1.165, 1.54) is 6.92 Å². The van der Waals surface area contributed by atoms with Crippen LogP contribution in [-0.2, 0) is 9.59 Å². The molecule has 0 aromatic carbocycles. The Kier molecular flexibility index (Phi) is 4.14. The van der Waals surface area contributed by atoms with Crippen LogP contribution in [0.15, 0.2) is 0 Å². The summed E-state index contributed by atoms with van der Waals surface area (Å²) in [5.41, 5.74) is -0.337. The fraction of sp³-hybridized carbons (Fsp3) is 0.833. The Balaban J connectivity index is 2.76. The van der Waals surface area contributed by atoms with Crippen molar-refractivity contribution in [2.45, 2.75) is 46.3 Å². The van der Waals surface area contributed by atoms with Gasteiger partial charge in [-0.05, 0) is 11.8 Å². The van der Waals surface area contributed by atoms with Gasteiger partial charge in [0, 0.05) is 20.0 Å². The third-order valence-electron chi connectivity index (χ3n) is 2.94. The van der Waals surface area contributed by atoms with Crippen LogP contribution in [0.2, 0.25) is 0 Å². The van der Waals surface area contributed by atoms with Gasteiger partial charge in [-0.25, -0.2) is 0 Å². The standard InChI is InChI=1S/C12H22N2O3/c1-8(15)13-10(12(2,3)4)11(17)14-6-5-9(16)7-14/h9-10,16H,5-7H2,1-4H3,(H,13,15). The zero-order valence-corrected chi connectivity index (χ0v) is 11.0. The van der Waals surface area contributed by atoms with Gasteiger partial charge in [-0.3, -0.25) is 9.59 Å². The second-order valence-electron chi connectivity index (χ2n) is 5.73. The number of likely N-dealkylation sites (tertiary alicyclic amines) is 1. The number of carbonyl (C=O) groups is 2. The van der Waals surface area contributed by atoms with E-state index in [1.54, 1.807) is 4.90 Å². The third kappa shape index (κ3) is 3.70. The SMILES string of the molecule is CC(=O)NC(C(=O)N1CCC(O)C1)C(C)(C)C. The number of aliphatic hydroxyl groups is 1. The van der Waals surface area contributed by atoms with Gasteiger partial charge < -0.3 is 15.3 Å². The Hall–Kier alpha value is -1.10. The summed E-state index contributed by atoms with van der Waals surface area (Å²) in [4.78, 5) is 25.0. The predicted molar refractivity (Wildman–Crippen MR) is 64.3 cm³/mol. The number of β-amino-alcohol motifs (C(OH)–C–C–N with tert-alkyl or cyclic N) is 1. The van der Waals surface area contributed by atoms with Crippen molar-refractivity contribution in [3.8, 4) is 0 Å². The minimum atomic E-state index is -0.537. The molecule has 0 bridgehead atoms. The molecule has 2 unspecified atom stereocenters. The monoisotopic (exact) mass is 242 g/mol. The fourth-order valence-corrected chi connectivity index (χ4v) is 1.98. The van der Waals surface area contributed by atoms with Crippen molar-refractivity contribution in [1.82, 2.24) is 10.2 Å². The molecule has 0 spiro atoms. The Morgan fingerprint density at radius 2 is 2.00 bits per heavy atom. The van der Waals surface area contributed by atoms with E-state index in [4.69, 9.17) is 0 Å². The summed E-state index contributed by atoms with van der Waals surface area (Å²) in [6.45, 7) is 8.08.